The van der Waals surface area contributed by atoms with Crippen molar-refractivity contribution in [2.75, 3.05) is 13.7 Å². The van der Waals surface area contributed by atoms with Crippen molar-refractivity contribution in [3.8, 4) is 0 Å². The molecule has 0 spiro atoms. The smallest absolute Gasteiger partial charge is 0.0711 e. The molecule has 5 rings (SSSR count). The van der Waals surface area contributed by atoms with E-state index in [0.717, 1.165) is 50.6 Å². The molecule has 1 aliphatic heterocycles. The molecule has 2 atom stereocenters. The Hall–Kier alpha value is -3.27. The Morgan fingerprint density at radius 2 is 1.69 bits per heavy atom. The summed E-state index contributed by atoms with van der Waals surface area (Å²) in [7, 11) is 1.00. The van der Waals surface area contributed by atoms with Gasteiger partial charge in [0.15, 0.2) is 0 Å². The molecule has 1 saturated heterocycles. The number of aryl methyl sites for hydroxylation is 3. The number of hydrogen-bond acceptors (Lipinski definition) is 3. The van der Waals surface area contributed by atoms with E-state index in [9.17, 15) is 0 Å². The van der Waals surface area contributed by atoms with Gasteiger partial charge in [-0.3, -0.25) is 0 Å². The summed E-state index contributed by atoms with van der Waals surface area (Å²) in [5.41, 5.74) is 8.91. The molecule has 3 heteroatoms. The van der Waals surface area contributed by atoms with Gasteiger partial charge in [0, 0.05) is 19.1 Å². The van der Waals surface area contributed by atoms with E-state index in [2.05, 4.69) is 105 Å². The summed E-state index contributed by atoms with van der Waals surface area (Å²) in [5.74, 6) is 0.542. The van der Waals surface area contributed by atoms with Gasteiger partial charge in [0.1, 0.15) is 0 Å². The molecule has 0 radical (unpaired) electrons. The van der Waals surface area contributed by atoms with Gasteiger partial charge < -0.3 is 9.84 Å². The van der Waals surface area contributed by atoms with E-state index in [1.54, 1.807) is 0 Å². The average molecular weight is 568 g/mol. The van der Waals surface area contributed by atoms with Crippen LogP contribution in [0.4, 0.5) is 0 Å². The van der Waals surface area contributed by atoms with Crippen molar-refractivity contribution in [3.63, 3.8) is 0 Å². The van der Waals surface area contributed by atoms with E-state index < -0.39 is 0 Å². The first kappa shape index (κ1) is 34.9. The van der Waals surface area contributed by atoms with Gasteiger partial charge in [-0.25, -0.2) is 4.98 Å². The maximum atomic E-state index is 7.00. The largest absolute Gasteiger partial charge is 0.400 e. The maximum Gasteiger partial charge on any atom is 0.0711 e. The molecule has 1 fully saturated rings. The predicted octanol–water partition coefficient (Wildman–Crippen LogP) is 10.2. The average Bonchev–Trinajstić information content (AvgIpc) is 3.03. The van der Waals surface area contributed by atoms with E-state index in [4.69, 9.17) is 14.8 Å². The van der Waals surface area contributed by atoms with E-state index in [1.807, 2.05) is 13.8 Å². The lowest BCUT2D eigenvalue weighted by Gasteiger charge is -2.26. The molecule has 1 aliphatic rings. The number of aromatic nitrogens is 1. The van der Waals surface area contributed by atoms with Crippen LogP contribution in [-0.2, 0) is 17.6 Å². The molecule has 42 heavy (non-hydrogen) atoms. The summed E-state index contributed by atoms with van der Waals surface area (Å²) in [6, 6.07) is 28.6. The zero-order valence-corrected chi connectivity index (χ0v) is 25.8. The molecule has 1 N–H and O–H groups in total. The van der Waals surface area contributed by atoms with Gasteiger partial charge in [0.2, 0.25) is 0 Å². The minimum Gasteiger partial charge on any atom is -0.400 e. The molecular formula is C39H53NO2. The van der Waals surface area contributed by atoms with Crippen molar-refractivity contribution in [1.29, 1.82) is 0 Å². The molecule has 4 aromatic rings. The van der Waals surface area contributed by atoms with Gasteiger partial charge in [-0.1, -0.05) is 101 Å². The first-order valence-electron chi connectivity index (χ1n) is 15.4. The zero-order chi connectivity index (χ0) is 29.5. The molecule has 0 saturated carbocycles. The number of fused-ring (bicyclic) bond motifs is 1. The highest BCUT2D eigenvalue weighted by Gasteiger charge is 2.19. The Labute approximate surface area is 255 Å². The number of ether oxygens (including phenoxy) is 1. The molecule has 0 bridgehead atoms. The van der Waals surface area contributed by atoms with E-state index in [1.165, 1.54) is 52.5 Å². The quantitative estimate of drug-likeness (QED) is 0.219. The minimum absolute atomic E-state index is 0. The SMILES string of the molecule is C.CC.CO.Cc1ccc2ccc(/C=C/c3cccc(CCCc4ccccc4C(C)CC4CCCCO4)c3)nc2c1. The fourth-order valence-corrected chi connectivity index (χ4v) is 5.61. The van der Waals surface area contributed by atoms with Crippen LogP contribution in [0.1, 0.15) is 99.7 Å². The Balaban J connectivity index is 0.00000118. The van der Waals surface area contributed by atoms with Crippen molar-refractivity contribution in [3.05, 3.63) is 112 Å². The second-order valence-electron chi connectivity index (χ2n) is 10.7. The molecule has 3 aromatic carbocycles. The number of aliphatic hydroxyl groups is 1. The molecule has 3 nitrogen and oxygen atoms in total. The summed E-state index contributed by atoms with van der Waals surface area (Å²) in [6.45, 7) is 9.42. The normalized spacial score (nSPS) is 15.1. The molecule has 0 amide bonds. The third-order valence-corrected chi connectivity index (χ3v) is 7.65. The van der Waals surface area contributed by atoms with E-state index >= 15 is 0 Å². The lowest BCUT2D eigenvalue weighted by atomic mass is 9.87. The van der Waals surface area contributed by atoms with E-state index in [0.29, 0.717) is 12.0 Å². The second-order valence-corrected chi connectivity index (χ2v) is 10.7. The number of nitrogens with zero attached hydrogens (tertiary/aromatic N) is 1. The first-order chi connectivity index (χ1) is 20.1. The summed E-state index contributed by atoms with van der Waals surface area (Å²) < 4.78 is 6.02. The van der Waals surface area contributed by atoms with E-state index in [-0.39, 0.29) is 7.43 Å². The predicted molar refractivity (Wildman–Crippen MR) is 183 cm³/mol. The molecule has 226 valence electrons. The molecule has 0 aliphatic carbocycles. The van der Waals surface area contributed by atoms with Crippen LogP contribution in [0, 0.1) is 6.92 Å². The summed E-state index contributed by atoms with van der Waals surface area (Å²) in [5, 5.41) is 8.18. The highest BCUT2D eigenvalue weighted by molar-refractivity contribution is 5.81. The number of aliphatic hydroxyl groups excluding tert-OH is 1. The fourth-order valence-electron chi connectivity index (χ4n) is 5.61. The Morgan fingerprint density at radius 1 is 0.905 bits per heavy atom. The molecule has 2 unspecified atom stereocenters. The van der Waals surface area contributed by atoms with Crippen LogP contribution in [-0.4, -0.2) is 29.9 Å². The van der Waals surface area contributed by atoms with Crippen molar-refractivity contribution < 1.29 is 9.84 Å². The highest BCUT2D eigenvalue weighted by Crippen LogP contribution is 2.29. The summed E-state index contributed by atoms with van der Waals surface area (Å²) in [6.07, 6.45) is 13.0. The first-order valence-corrected chi connectivity index (χ1v) is 15.4. The minimum atomic E-state index is 0. The number of rotatable bonds is 9. The van der Waals surface area contributed by atoms with Gasteiger partial charge in [-0.15, -0.1) is 0 Å². The number of benzene rings is 3. The van der Waals surface area contributed by atoms with Gasteiger partial charge in [-0.2, -0.15) is 0 Å². The number of pyridine rings is 1. The van der Waals surface area contributed by atoms with Gasteiger partial charge in [-0.05, 0) is 104 Å². The summed E-state index contributed by atoms with van der Waals surface area (Å²) >= 11 is 0. The Kier molecular flexibility index (Phi) is 15.8. The lowest BCUT2D eigenvalue weighted by Crippen LogP contribution is -2.21. The standard InChI is InChI=1S/C35H39NO.C2H6.CH4O.CH4/c1-26-16-18-31-19-21-32(36-35(31)23-26)20-17-29-10-7-9-28(25-29)11-8-13-30-12-3-4-15-34(30)27(2)24-33-14-5-6-22-37-33;2*1-2;/h3-4,7,9-10,12,15-21,23,25,27,33H,5-6,8,11,13-14,22,24H2,1-2H3;1-2H3;2H,1H3;1H4/b20-17+;;;. The zero-order valence-electron chi connectivity index (χ0n) is 25.8. The maximum absolute atomic E-state index is 7.00. The van der Waals surface area contributed by atoms with Crippen molar-refractivity contribution in [2.24, 2.45) is 0 Å². The monoisotopic (exact) mass is 567 g/mol. The van der Waals surface area contributed by atoms with Crippen LogP contribution in [0.2, 0.25) is 0 Å². The van der Waals surface area contributed by atoms with Crippen LogP contribution in [0.15, 0.2) is 78.9 Å². The fraction of sp³-hybridized carbons (Fsp3) is 0.410. The van der Waals surface area contributed by atoms with Crippen molar-refractivity contribution in [2.45, 2.75) is 92.1 Å². The molecular weight excluding hydrogens is 514 g/mol. The topological polar surface area (TPSA) is 42.4 Å². The van der Waals surface area contributed by atoms with Gasteiger partial charge in [0.25, 0.3) is 0 Å². The third-order valence-electron chi connectivity index (χ3n) is 7.65. The second kappa shape index (κ2) is 19.0. The lowest BCUT2D eigenvalue weighted by molar-refractivity contribution is 0.00788. The van der Waals surface area contributed by atoms with Crippen LogP contribution in [0.5, 0.6) is 0 Å². The van der Waals surface area contributed by atoms with Crippen LogP contribution < -0.4 is 0 Å². The van der Waals surface area contributed by atoms with Crippen LogP contribution in [0.25, 0.3) is 23.1 Å². The van der Waals surface area contributed by atoms with Gasteiger partial charge >= 0.3 is 0 Å². The van der Waals surface area contributed by atoms with Crippen molar-refractivity contribution in [1.82, 2.24) is 4.98 Å². The highest BCUT2D eigenvalue weighted by atomic mass is 16.5. The Morgan fingerprint density at radius 3 is 2.48 bits per heavy atom. The molecule has 1 aromatic heterocycles. The van der Waals surface area contributed by atoms with Crippen LogP contribution >= 0.6 is 0 Å². The van der Waals surface area contributed by atoms with Crippen LogP contribution in [0.3, 0.4) is 0 Å². The molecule has 2 heterocycles. The van der Waals surface area contributed by atoms with Crippen molar-refractivity contribution >= 4 is 23.1 Å². The number of hydrogen-bond donors (Lipinski definition) is 1. The van der Waals surface area contributed by atoms with Gasteiger partial charge in [0.05, 0.1) is 17.3 Å². The summed E-state index contributed by atoms with van der Waals surface area (Å²) in [4.78, 5) is 4.82. The Bertz CT molecular complexity index is 1350. The third kappa shape index (κ3) is 10.5.